The van der Waals surface area contributed by atoms with Gasteiger partial charge in [-0.05, 0) is 42.8 Å². The standard InChI is InChI=1S/C19H20F2N2O4S/c1-14-3-2-4-15(11-14)27-13-19(24)22-7-9-23(10-8-22)28(25,26)16-5-6-17(20)18(21)12-16/h2-6,11-12H,7-10,13H2,1H3. The number of hydrogen-bond acceptors (Lipinski definition) is 4. The first-order valence-corrected chi connectivity index (χ1v) is 10.1. The molecule has 0 unspecified atom stereocenters. The maximum Gasteiger partial charge on any atom is 0.260 e. The molecule has 0 bridgehead atoms. The van der Waals surface area contributed by atoms with Gasteiger partial charge in [-0.1, -0.05) is 12.1 Å². The average Bonchev–Trinajstić information content (AvgIpc) is 2.68. The molecule has 3 rings (SSSR count). The van der Waals surface area contributed by atoms with Gasteiger partial charge in [-0.15, -0.1) is 0 Å². The van der Waals surface area contributed by atoms with Gasteiger partial charge in [0.2, 0.25) is 10.0 Å². The highest BCUT2D eigenvalue weighted by atomic mass is 32.2. The number of rotatable bonds is 5. The summed E-state index contributed by atoms with van der Waals surface area (Å²) in [5, 5.41) is 0. The summed E-state index contributed by atoms with van der Waals surface area (Å²) >= 11 is 0. The van der Waals surface area contributed by atoms with Gasteiger partial charge >= 0.3 is 0 Å². The molecule has 0 saturated carbocycles. The minimum absolute atomic E-state index is 0.0670. The molecule has 1 saturated heterocycles. The largest absolute Gasteiger partial charge is 0.484 e. The molecule has 1 amide bonds. The molecule has 6 nitrogen and oxygen atoms in total. The summed E-state index contributed by atoms with van der Waals surface area (Å²) in [6.07, 6.45) is 0. The van der Waals surface area contributed by atoms with Crippen molar-refractivity contribution in [2.45, 2.75) is 11.8 Å². The smallest absolute Gasteiger partial charge is 0.260 e. The summed E-state index contributed by atoms with van der Waals surface area (Å²) in [5.74, 6) is -1.98. The van der Waals surface area contributed by atoms with Crippen molar-refractivity contribution >= 4 is 15.9 Å². The van der Waals surface area contributed by atoms with Crippen LogP contribution in [0.1, 0.15) is 5.56 Å². The Morgan fingerprint density at radius 1 is 1.04 bits per heavy atom. The molecular weight excluding hydrogens is 390 g/mol. The minimum atomic E-state index is -3.95. The molecule has 150 valence electrons. The molecule has 0 atom stereocenters. The van der Waals surface area contributed by atoms with Crippen molar-refractivity contribution in [2.24, 2.45) is 0 Å². The van der Waals surface area contributed by atoms with Crippen LogP contribution in [-0.4, -0.2) is 56.3 Å². The van der Waals surface area contributed by atoms with Gasteiger partial charge in [0.1, 0.15) is 5.75 Å². The monoisotopic (exact) mass is 410 g/mol. The van der Waals surface area contributed by atoms with Crippen LogP contribution in [0.15, 0.2) is 47.4 Å². The van der Waals surface area contributed by atoms with Crippen molar-refractivity contribution in [1.29, 1.82) is 0 Å². The van der Waals surface area contributed by atoms with E-state index in [0.29, 0.717) is 11.8 Å². The average molecular weight is 410 g/mol. The lowest BCUT2D eigenvalue weighted by molar-refractivity contribution is -0.134. The van der Waals surface area contributed by atoms with E-state index in [1.807, 2.05) is 25.1 Å². The number of aryl methyl sites for hydroxylation is 1. The van der Waals surface area contributed by atoms with E-state index < -0.39 is 21.7 Å². The Hall–Kier alpha value is -2.52. The zero-order valence-electron chi connectivity index (χ0n) is 15.3. The van der Waals surface area contributed by atoms with E-state index >= 15 is 0 Å². The van der Waals surface area contributed by atoms with E-state index in [4.69, 9.17) is 4.74 Å². The number of nitrogens with zero attached hydrogens (tertiary/aromatic N) is 2. The molecule has 0 radical (unpaired) electrons. The second-order valence-corrected chi connectivity index (χ2v) is 8.40. The lowest BCUT2D eigenvalue weighted by atomic mass is 10.2. The minimum Gasteiger partial charge on any atom is -0.484 e. The fourth-order valence-corrected chi connectivity index (χ4v) is 4.34. The SMILES string of the molecule is Cc1cccc(OCC(=O)N2CCN(S(=O)(=O)c3ccc(F)c(F)c3)CC2)c1. The first-order valence-electron chi connectivity index (χ1n) is 8.70. The Morgan fingerprint density at radius 2 is 1.75 bits per heavy atom. The number of carbonyl (C=O) groups is 1. The number of ether oxygens (including phenoxy) is 1. The van der Waals surface area contributed by atoms with Gasteiger partial charge < -0.3 is 9.64 Å². The summed E-state index contributed by atoms with van der Waals surface area (Å²) in [7, 11) is -3.95. The van der Waals surface area contributed by atoms with Crippen molar-refractivity contribution in [3.8, 4) is 5.75 Å². The number of carbonyl (C=O) groups excluding carboxylic acids is 1. The van der Waals surface area contributed by atoms with Crippen LogP contribution < -0.4 is 4.74 Å². The van der Waals surface area contributed by atoms with Crippen molar-refractivity contribution in [1.82, 2.24) is 9.21 Å². The Morgan fingerprint density at radius 3 is 2.39 bits per heavy atom. The zero-order valence-corrected chi connectivity index (χ0v) is 16.1. The maximum atomic E-state index is 13.4. The van der Waals surface area contributed by atoms with E-state index in [0.717, 1.165) is 22.0 Å². The van der Waals surface area contributed by atoms with Crippen molar-refractivity contribution in [3.05, 3.63) is 59.7 Å². The summed E-state index contributed by atoms with van der Waals surface area (Å²) < 4.78 is 58.2. The van der Waals surface area contributed by atoms with Crippen LogP contribution in [0.25, 0.3) is 0 Å². The van der Waals surface area contributed by atoms with Crippen LogP contribution in [0.2, 0.25) is 0 Å². The Labute approximate surface area is 162 Å². The van der Waals surface area contributed by atoms with Crippen molar-refractivity contribution in [2.75, 3.05) is 32.8 Å². The van der Waals surface area contributed by atoms with Crippen LogP contribution in [0, 0.1) is 18.6 Å². The second kappa shape index (κ2) is 8.24. The molecule has 0 aliphatic carbocycles. The molecule has 1 fully saturated rings. The fraction of sp³-hybridized carbons (Fsp3) is 0.316. The third-order valence-corrected chi connectivity index (χ3v) is 6.37. The highest BCUT2D eigenvalue weighted by molar-refractivity contribution is 7.89. The van der Waals surface area contributed by atoms with Gasteiger partial charge in [0.05, 0.1) is 4.90 Å². The van der Waals surface area contributed by atoms with Gasteiger partial charge in [-0.2, -0.15) is 4.31 Å². The molecule has 1 aliphatic heterocycles. The lowest BCUT2D eigenvalue weighted by Gasteiger charge is -2.34. The number of sulfonamides is 1. The van der Waals surface area contributed by atoms with Crippen LogP contribution in [-0.2, 0) is 14.8 Å². The Balaban J connectivity index is 1.57. The quantitative estimate of drug-likeness (QED) is 0.758. The molecule has 9 heteroatoms. The first-order chi connectivity index (χ1) is 13.3. The van der Waals surface area contributed by atoms with Gasteiger partial charge in [0.15, 0.2) is 18.2 Å². The van der Waals surface area contributed by atoms with Gasteiger partial charge in [-0.3, -0.25) is 4.79 Å². The molecule has 0 spiro atoms. The van der Waals surface area contributed by atoms with Crippen molar-refractivity contribution in [3.63, 3.8) is 0 Å². The van der Waals surface area contributed by atoms with Crippen LogP contribution in [0.5, 0.6) is 5.75 Å². The van der Waals surface area contributed by atoms with E-state index in [2.05, 4.69) is 0 Å². The highest BCUT2D eigenvalue weighted by Gasteiger charge is 2.30. The summed E-state index contributed by atoms with van der Waals surface area (Å²) in [5.41, 5.74) is 1.01. The highest BCUT2D eigenvalue weighted by Crippen LogP contribution is 2.20. The van der Waals surface area contributed by atoms with Gasteiger partial charge in [0.25, 0.3) is 5.91 Å². The number of halogens is 2. The topological polar surface area (TPSA) is 66.9 Å². The molecule has 1 aliphatic rings. The van der Waals surface area contributed by atoms with Crippen molar-refractivity contribution < 1.29 is 26.7 Å². The predicted octanol–water partition coefficient (Wildman–Crippen LogP) is 2.19. The predicted molar refractivity (Wildman–Crippen MR) is 98.4 cm³/mol. The normalized spacial score (nSPS) is 15.5. The van der Waals surface area contributed by atoms with E-state index in [1.165, 1.54) is 4.90 Å². The Bertz CT molecular complexity index is 974. The second-order valence-electron chi connectivity index (χ2n) is 6.47. The molecule has 2 aromatic rings. The van der Waals surface area contributed by atoms with Gasteiger partial charge in [-0.25, -0.2) is 17.2 Å². The molecule has 0 aromatic heterocycles. The third-order valence-electron chi connectivity index (χ3n) is 4.47. The number of piperazine rings is 1. The molecule has 28 heavy (non-hydrogen) atoms. The lowest BCUT2D eigenvalue weighted by Crippen LogP contribution is -2.51. The van der Waals surface area contributed by atoms with Crippen LogP contribution in [0.4, 0.5) is 8.78 Å². The van der Waals surface area contributed by atoms with Gasteiger partial charge in [0, 0.05) is 26.2 Å². The summed E-state index contributed by atoms with van der Waals surface area (Å²) in [6.45, 7) is 2.30. The fourth-order valence-electron chi connectivity index (χ4n) is 2.91. The number of amides is 1. The molecular formula is C19H20F2N2O4S. The van der Waals surface area contributed by atoms with E-state index in [9.17, 15) is 22.0 Å². The van der Waals surface area contributed by atoms with Crippen LogP contribution in [0.3, 0.4) is 0 Å². The number of hydrogen-bond donors (Lipinski definition) is 0. The Kier molecular flexibility index (Phi) is 5.95. The molecule has 0 N–H and O–H groups in total. The van der Waals surface area contributed by atoms with E-state index in [-0.39, 0.29) is 43.6 Å². The summed E-state index contributed by atoms with van der Waals surface area (Å²) in [4.78, 5) is 13.5. The summed E-state index contributed by atoms with van der Waals surface area (Å²) in [6, 6.07) is 9.80. The zero-order chi connectivity index (χ0) is 20.3. The first kappa shape index (κ1) is 20.2. The van der Waals surface area contributed by atoms with Crippen LogP contribution >= 0.6 is 0 Å². The van der Waals surface area contributed by atoms with E-state index in [1.54, 1.807) is 6.07 Å². The maximum absolute atomic E-state index is 13.4. The molecule has 2 aromatic carbocycles. The number of benzene rings is 2. The third kappa shape index (κ3) is 4.48. The molecule has 1 heterocycles.